The number of benzene rings is 4. The lowest BCUT2D eigenvalue weighted by Gasteiger charge is -2.08. The van der Waals surface area contributed by atoms with E-state index in [0.717, 1.165) is 27.9 Å². The lowest BCUT2D eigenvalue weighted by molar-refractivity contribution is 1.34. The topological polar surface area (TPSA) is 44.5 Å². The molecule has 0 saturated heterocycles. The molecule has 2 heterocycles. The van der Waals surface area contributed by atoms with Crippen molar-refractivity contribution in [2.45, 2.75) is 13.8 Å². The van der Waals surface area contributed by atoms with Crippen molar-refractivity contribution in [1.29, 1.82) is 0 Å². The van der Waals surface area contributed by atoms with E-state index in [4.69, 9.17) is 4.98 Å². The van der Waals surface area contributed by atoms with E-state index >= 15 is 0 Å². The van der Waals surface area contributed by atoms with E-state index in [2.05, 4.69) is 78.4 Å². The number of aromatic nitrogens is 3. The monoisotopic (exact) mass is 361 g/mol. The van der Waals surface area contributed by atoms with E-state index < -0.39 is 0 Å². The second-order valence-electron chi connectivity index (χ2n) is 7.66. The molecule has 0 amide bonds. The fourth-order valence-electron chi connectivity index (χ4n) is 4.35. The Balaban J connectivity index is 1.79. The van der Waals surface area contributed by atoms with Crippen molar-refractivity contribution in [3.8, 4) is 11.4 Å². The highest BCUT2D eigenvalue weighted by Crippen LogP contribution is 2.37. The van der Waals surface area contributed by atoms with E-state index in [0.29, 0.717) is 0 Å². The molecule has 0 aliphatic carbocycles. The zero-order valence-corrected chi connectivity index (χ0v) is 15.8. The molecule has 6 aromatic rings. The van der Waals surface area contributed by atoms with Gasteiger partial charge in [-0.05, 0) is 42.8 Å². The second-order valence-corrected chi connectivity index (χ2v) is 7.66. The van der Waals surface area contributed by atoms with Crippen molar-refractivity contribution in [3.63, 3.8) is 0 Å². The number of nitrogens with zero attached hydrogens (tertiary/aromatic N) is 1. The second kappa shape index (κ2) is 5.46. The average Bonchev–Trinajstić information content (AvgIpc) is 3.32. The molecule has 0 aliphatic heterocycles. The molecule has 0 atom stereocenters. The van der Waals surface area contributed by atoms with Crippen LogP contribution in [0.1, 0.15) is 11.1 Å². The van der Waals surface area contributed by atoms with Gasteiger partial charge in [0.15, 0.2) is 0 Å². The van der Waals surface area contributed by atoms with Gasteiger partial charge in [-0.25, -0.2) is 4.98 Å². The molecule has 0 spiro atoms. The van der Waals surface area contributed by atoms with Crippen molar-refractivity contribution in [2.24, 2.45) is 0 Å². The quantitative estimate of drug-likeness (QED) is 0.317. The summed E-state index contributed by atoms with van der Waals surface area (Å²) in [5.41, 5.74) is 6.88. The van der Waals surface area contributed by atoms with E-state index in [1.54, 1.807) is 0 Å². The molecule has 28 heavy (non-hydrogen) atoms. The Hall–Kier alpha value is -3.59. The Kier molecular flexibility index (Phi) is 3.01. The lowest BCUT2D eigenvalue weighted by atomic mass is 9.97. The number of aryl methyl sites for hydroxylation is 2. The van der Waals surface area contributed by atoms with Gasteiger partial charge < -0.3 is 9.97 Å². The smallest absolute Gasteiger partial charge is 0.140 e. The third-order valence-corrected chi connectivity index (χ3v) is 5.71. The Morgan fingerprint density at radius 2 is 1.43 bits per heavy atom. The highest BCUT2D eigenvalue weighted by Gasteiger charge is 2.16. The maximum absolute atomic E-state index is 5.08. The lowest BCUT2D eigenvalue weighted by Crippen LogP contribution is -1.84. The zero-order chi connectivity index (χ0) is 18.8. The third-order valence-electron chi connectivity index (χ3n) is 5.71. The number of hydrogen-bond acceptors (Lipinski definition) is 1. The summed E-state index contributed by atoms with van der Waals surface area (Å²) in [4.78, 5) is 12.1. The molecule has 4 aromatic carbocycles. The predicted molar refractivity (Wildman–Crippen MR) is 118 cm³/mol. The minimum Gasteiger partial charge on any atom is -0.360 e. The largest absolute Gasteiger partial charge is 0.360 e. The maximum Gasteiger partial charge on any atom is 0.140 e. The number of nitrogens with one attached hydrogen (secondary N) is 2. The minimum atomic E-state index is 0.907. The van der Waals surface area contributed by atoms with Crippen LogP contribution in [0.15, 0.2) is 66.9 Å². The Morgan fingerprint density at radius 1 is 0.714 bits per heavy atom. The fourth-order valence-corrected chi connectivity index (χ4v) is 4.35. The average molecular weight is 361 g/mol. The van der Waals surface area contributed by atoms with E-state index in [-0.39, 0.29) is 0 Å². The van der Waals surface area contributed by atoms with Crippen LogP contribution in [0.3, 0.4) is 0 Å². The minimum absolute atomic E-state index is 0.907. The highest BCUT2D eigenvalue weighted by atomic mass is 14.9. The van der Waals surface area contributed by atoms with E-state index in [1.165, 1.54) is 38.1 Å². The molecule has 2 aromatic heterocycles. The van der Waals surface area contributed by atoms with Crippen molar-refractivity contribution < 1.29 is 0 Å². The molecule has 0 bridgehead atoms. The highest BCUT2D eigenvalue weighted by molar-refractivity contribution is 6.24. The molecule has 6 rings (SSSR count). The fraction of sp³-hybridized carbons (Fsp3) is 0.0800. The van der Waals surface area contributed by atoms with Gasteiger partial charge in [0.25, 0.3) is 0 Å². The van der Waals surface area contributed by atoms with Gasteiger partial charge in [0.2, 0.25) is 0 Å². The third kappa shape index (κ3) is 2.07. The molecule has 0 fully saturated rings. The number of hydrogen-bond donors (Lipinski definition) is 2. The molecule has 134 valence electrons. The first kappa shape index (κ1) is 15.5. The molecule has 0 saturated carbocycles. The number of imidazole rings is 1. The van der Waals surface area contributed by atoms with Crippen LogP contribution in [0, 0.1) is 13.8 Å². The Bertz CT molecular complexity index is 1450. The normalized spacial score (nSPS) is 11.9. The van der Waals surface area contributed by atoms with Crippen molar-refractivity contribution in [1.82, 2.24) is 15.0 Å². The van der Waals surface area contributed by atoms with Gasteiger partial charge in [-0.1, -0.05) is 53.6 Å². The van der Waals surface area contributed by atoms with Crippen molar-refractivity contribution in [2.75, 3.05) is 0 Å². The number of aromatic amines is 2. The van der Waals surface area contributed by atoms with Crippen LogP contribution >= 0.6 is 0 Å². The van der Waals surface area contributed by atoms with Gasteiger partial charge in [-0.15, -0.1) is 0 Å². The number of H-pyrrole nitrogens is 2. The SMILES string of the molecule is Cc1ccc2c3ccc(C)cc3c3[nH]c(-c4c[nH]c5ccccc45)nc3c2c1. The van der Waals surface area contributed by atoms with Crippen LogP contribution in [0.25, 0.3) is 54.9 Å². The Morgan fingerprint density at radius 3 is 2.25 bits per heavy atom. The van der Waals surface area contributed by atoms with Gasteiger partial charge >= 0.3 is 0 Å². The molecule has 0 radical (unpaired) electrons. The Labute approximate surface area is 162 Å². The van der Waals surface area contributed by atoms with Gasteiger partial charge in [-0.3, -0.25) is 0 Å². The van der Waals surface area contributed by atoms with E-state index in [9.17, 15) is 0 Å². The molecular weight excluding hydrogens is 342 g/mol. The molecule has 0 aliphatic rings. The molecule has 2 N–H and O–H groups in total. The summed E-state index contributed by atoms with van der Waals surface area (Å²) < 4.78 is 0. The van der Waals surface area contributed by atoms with Crippen LogP contribution in [0.5, 0.6) is 0 Å². The van der Waals surface area contributed by atoms with E-state index in [1.807, 2.05) is 12.3 Å². The maximum atomic E-state index is 5.08. The first-order valence-corrected chi connectivity index (χ1v) is 9.58. The summed E-state index contributed by atoms with van der Waals surface area (Å²) in [5.74, 6) is 0.907. The summed E-state index contributed by atoms with van der Waals surface area (Å²) in [6, 6.07) is 21.7. The number of fused-ring (bicyclic) bond motifs is 7. The van der Waals surface area contributed by atoms with Crippen LogP contribution in [0.4, 0.5) is 0 Å². The van der Waals surface area contributed by atoms with Crippen LogP contribution in [-0.2, 0) is 0 Å². The standard InChI is InChI=1S/C25H19N3/c1-14-7-9-16-17-10-8-15(2)12-20(17)24-23(19(16)11-14)27-25(28-24)21-13-26-22-6-4-3-5-18(21)22/h3-13,26H,1-2H3,(H,27,28). The first-order chi connectivity index (χ1) is 13.7. The van der Waals surface area contributed by atoms with Crippen LogP contribution in [0.2, 0.25) is 0 Å². The summed E-state index contributed by atoms with van der Waals surface area (Å²) >= 11 is 0. The van der Waals surface area contributed by atoms with Gasteiger partial charge in [0.05, 0.1) is 11.0 Å². The van der Waals surface area contributed by atoms with Crippen LogP contribution in [-0.4, -0.2) is 15.0 Å². The first-order valence-electron chi connectivity index (χ1n) is 9.58. The molecule has 3 heteroatoms. The summed E-state index contributed by atoms with van der Waals surface area (Å²) in [7, 11) is 0. The van der Waals surface area contributed by atoms with Gasteiger partial charge in [-0.2, -0.15) is 0 Å². The number of rotatable bonds is 1. The van der Waals surface area contributed by atoms with Crippen molar-refractivity contribution >= 4 is 43.5 Å². The molecule has 0 unspecified atom stereocenters. The predicted octanol–water partition coefficient (Wildman–Crippen LogP) is 6.63. The molecular formula is C25H19N3. The van der Waals surface area contributed by atoms with Crippen molar-refractivity contribution in [3.05, 3.63) is 78.0 Å². The summed E-state index contributed by atoms with van der Waals surface area (Å²) in [6.45, 7) is 4.28. The van der Waals surface area contributed by atoms with Gasteiger partial charge in [0, 0.05) is 33.4 Å². The number of para-hydroxylation sites is 1. The summed E-state index contributed by atoms with van der Waals surface area (Å²) in [6.07, 6.45) is 2.04. The molecule has 3 nitrogen and oxygen atoms in total. The summed E-state index contributed by atoms with van der Waals surface area (Å²) in [5, 5.41) is 6.13. The zero-order valence-electron chi connectivity index (χ0n) is 15.8. The van der Waals surface area contributed by atoms with Crippen LogP contribution < -0.4 is 0 Å². The van der Waals surface area contributed by atoms with Gasteiger partial charge in [0.1, 0.15) is 5.82 Å².